The van der Waals surface area contributed by atoms with Crippen molar-refractivity contribution < 1.29 is 14.3 Å². The van der Waals surface area contributed by atoms with Crippen LogP contribution in [0.3, 0.4) is 0 Å². The van der Waals surface area contributed by atoms with Crippen LogP contribution in [0.1, 0.15) is 17.3 Å². The van der Waals surface area contributed by atoms with Crippen molar-refractivity contribution in [2.45, 2.75) is 25.2 Å². The molecule has 110 valence electrons. The maximum absolute atomic E-state index is 12.5. The molecule has 0 spiro atoms. The van der Waals surface area contributed by atoms with E-state index in [0.717, 1.165) is 23.1 Å². The highest BCUT2D eigenvalue weighted by Gasteiger charge is 2.37. The lowest BCUT2D eigenvalue weighted by atomic mass is 10.0. The van der Waals surface area contributed by atoms with Crippen LogP contribution in [0.5, 0.6) is 0 Å². The van der Waals surface area contributed by atoms with E-state index in [1.165, 1.54) is 0 Å². The van der Waals surface area contributed by atoms with Gasteiger partial charge in [-0.05, 0) is 19.1 Å². The normalized spacial score (nSPS) is 24.8. The van der Waals surface area contributed by atoms with Crippen LogP contribution in [0.2, 0.25) is 0 Å². The Morgan fingerprint density at radius 2 is 1.70 bits per heavy atom. The summed E-state index contributed by atoms with van der Waals surface area (Å²) in [5.41, 5.74) is 0.732. The van der Waals surface area contributed by atoms with Gasteiger partial charge in [-0.15, -0.1) is 0 Å². The summed E-state index contributed by atoms with van der Waals surface area (Å²) >= 11 is 3.38. The van der Waals surface area contributed by atoms with Crippen LogP contribution in [0, 0.1) is 0 Å². The van der Waals surface area contributed by atoms with Gasteiger partial charge in [0.2, 0.25) is 0 Å². The average Bonchev–Trinajstić information content (AvgIpc) is 2.89. The molecule has 1 heterocycles. The Balaban J connectivity index is 2.06. The first-order chi connectivity index (χ1) is 9.56. The second kappa shape index (κ2) is 6.80. The molecule has 1 fully saturated rings. The van der Waals surface area contributed by atoms with E-state index in [1.807, 2.05) is 31.2 Å². The number of rotatable bonds is 5. The Morgan fingerprint density at radius 1 is 1.20 bits per heavy atom. The molecule has 0 radical (unpaired) electrons. The number of ketones is 1. The molecule has 2 rings (SSSR count). The lowest BCUT2D eigenvalue weighted by Gasteiger charge is -2.22. The van der Waals surface area contributed by atoms with Crippen molar-refractivity contribution in [3.8, 4) is 0 Å². The van der Waals surface area contributed by atoms with E-state index in [4.69, 9.17) is 9.47 Å². The summed E-state index contributed by atoms with van der Waals surface area (Å²) in [6.07, 6.45) is 0.0559. The summed E-state index contributed by atoms with van der Waals surface area (Å²) in [5.74, 6) is 0.129. The Hall–Kier alpha value is -0.750. The van der Waals surface area contributed by atoms with E-state index >= 15 is 0 Å². The zero-order valence-electron chi connectivity index (χ0n) is 12.0. The Labute approximate surface area is 128 Å². The molecule has 0 bridgehead atoms. The molecule has 20 heavy (non-hydrogen) atoms. The Morgan fingerprint density at radius 3 is 2.15 bits per heavy atom. The molecule has 4 nitrogen and oxygen atoms in total. The molecule has 0 aliphatic carbocycles. The summed E-state index contributed by atoms with van der Waals surface area (Å²) in [6.45, 7) is 3.38. The molecular formula is C15H20BrNO3. The Bertz CT molecular complexity index is 451. The van der Waals surface area contributed by atoms with Gasteiger partial charge >= 0.3 is 0 Å². The molecule has 1 aromatic rings. The van der Waals surface area contributed by atoms with Crippen molar-refractivity contribution in [1.29, 1.82) is 0 Å². The van der Waals surface area contributed by atoms with Crippen LogP contribution < -0.4 is 0 Å². The van der Waals surface area contributed by atoms with E-state index < -0.39 is 0 Å². The second-order valence-electron chi connectivity index (χ2n) is 5.05. The topological polar surface area (TPSA) is 38.8 Å². The summed E-state index contributed by atoms with van der Waals surface area (Å²) in [4.78, 5) is 14.6. The number of halogens is 1. The van der Waals surface area contributed by atoms with Gasteiger partial charge in [0.15, 0.2) is 5.78 Å². The fraction of sp³-hybridized carbons (Fsp3) is 0.533. The second-order valence-corrected chi connectivity index (χ2v) is 5.97. The largest absolute Gasteiger partial charge is 0.377 e. The molecule has 0 N–H and O–H groups in total. The third-order valence-electron chi connectivity index (χ3n) is 3.90. The number of carbonyl (C=O) groups excluding carboxylic acids is 1. The number of ether oxygens (including phenoxy) is 2. The van der Waals surface area contributed by atoms with Gasteiger partial charge in [0.1, 0.15) is 0 Å². The van der Waals surface area contributed by atoms with Crippen molar-refractivity contribution in [1.82, 2.24) is 4.90 Å². The molecule has 0 amide bonds. The number of methoxy groups -OCH3 is 2. The monoisotopic (exact) mass is 341 g/mol. The van der Waals surface area contributed by atoms with Crippen molar-refractivity contribution in [3.63, 3.8) is 0 Å². The molecule has 0 aromatic heterocycles. The van der Waals surface area contributed by atoms with Crippen molar-refractivity contribution >= 4 is 21.7 Å². The van der Waals surface area contributed by atoms with Crippen LogP contribution in [0.15, 0.2) is 28.7 Å². The molecule has 3 atom stereocenters. The molecule has 0 saturated carbocycles. The molecule has 1 saturated heterocycles. The van der Waals surface area contributed by atoms with Crippen molar-refractivity contribution in [2.75, 3.05) is 27.3 Å². The number of Topliss-reactive ketones (excluding diaryl/α,β-unsaturated/α-hetero) is 1. The first-order valence-electron chi connectivity index (χ1n) is 6.66. The summed E-state index contributed by atoms with van der Waals surface area (Å²) in [5, 5.41) is 0. The Kier molecular flexibility index (Phi) is 5.32. The highest BCUT2D eigenvalue weighted by Crippen LogP contribution is 2.21. The molecular weight excluding hydrogens is 322 g/mol. The van der Waals surface area contributed by atoms with E-state index in [9.17, 15) is 4.79 Å². The van der Waals surface area contributed by atoms with Crippen LogP contribution in [-0.4, -0.2) is 56.2 Å². The lowest BCUT2D eigenvalue weighted by Crippen LogP contribution is -2.38. The number of nitrogens with zero attached hydrogens (tertiary/aromatic N) is 1. The van der Waals surface area contributed by atoms with Crippen LogP contribution in [-0.2, 0) is 9.47 Å². The van der Waals surface area contributed by atoms with Gasteiger partial charge < -0.3 is 9.47 Å². The number of carbonyl (C=O) groups is 1. The quantitative estimate of drug-likeness (QED) is 0.770. The molecule has 1 aliphatic heterocycles. The third kappa shape index (κ3) is 3.28. The minimum absolute atomic E-state index is 0.0279. The van der Waals surface area contributed by atoms with E-state index in [2.05, 4.69) is 20.8 Å². The maximum atomic E-state index is 12.5. The smallest absolute Gasteiger partial charge is 0.179 e. The van der Waals surface area contributed by atoms with E-state index in [1.54, 1.807) is 14.2 Å². The first kappa shape index (κ1) is 15.6. The summed E-state index contributed by atoms with van der Waals surface area (Å²) < 4.78 is 11.8. The van der Waals surface area contributed by atoms with Crippen LogP contribution in [0.25, 0.3) is 0 Å². The standard InChI is InChI=1S/C15H20BrNO3/c1-10(15(18)11-4-6-12(16)7-5-11)17-8-13(19-2)14(9-17)20-3/h4-7,10,13-14H,8-9H2,1-3H3. The SMILES string of the molecule is COC1CN(C(C)C(=O)c2ccc(Br)cc2)CC1OC. The summed E-state index contributed by atoms with van der Waals surface area (Å²) in [7, 11) is 3.36. The van der Waals surface area contributed by atoms with Gasteiger partial charge in [-0.3, -0.25) is 9.69 Å². The fourth-order valence-corrected chi connectivity index (χ4v) is 2.83. The maximum Gasteiger partial charge on any atom is 0.179 e. The van der Waals surface area contributed by atoms with Gasteiger partial charge in [0.25, 0.3) is 0 Å². The summed E-state index contributed by atoms with van der Waals surface area (Å²) in [6, 6.07) is 7.30. The highest BCUT2D eigenvalue weighted by molar-refractivity contribution is 9.10. The van der Waals surface area contributed by atoms with Gasteiger partial charge in [0, 0.05) is 37.3 Å². The van der Waals surface area contributed by atoms with E-state index in [0.29, 0.717) is 0 Å². The number of likely N-dealkylation sites (tertiary alicyclic amines) is 1. The highest BCUT2D eigenvalue weighted by atomic mass is 79.9. The lowest BCUT2D eigenvalue weighted by molar-refractivity contribution is -0.00461. The minimum atomic E-state index is -0.172. The zero-order valence-corrected chi connectivity index (χ0v) is 13.6. The first-order valence-corrected chi connectivity index (χ1v) is 7.45. The van der Waals surface area contributed by atoms with Gasteiger partial charge in [-0.2, -0.15) is 0 Å². The number of hydrogen-bond donors (Lipinski definition) is 0. The number of benzene rings is 1. The predicted molar refractivity (Wildman–Crippen MR) is 81.1 cm³/mol. The predicted octanol–water partition coefficient (Wildman–Crippen LogP) is 2.37. The van der Waals surface area contributed by atoms with Crippen molar-refractivity contribution in [2.24, 2.45) is 0 Å². The van der Waals surface area contributed by atoms with Gasteiger partial charge in [-0.25, -0.2) is 0 Å². The van der Waals surface area contributed by atoms with Crippen molar-refractivity contribution in [3.05, 3.63) is 34.3 Å². The van der Waals surface area contributed by atoms with Crippen LogP contribution in [0.4, 0.5) is 0 Å². The molecule has 1 aliphatic rings. The molecule has 5 heteroatoms. The molecule has 3 unspecified atom stereocenters. The number of hydrogen-bond acceptors (Lipinski definition) is 4. The van der Waals surface area contributed by atoms with E-state index in [-0.39, 0.29) is 24.0 Å². The van der Waals surface area contributed by atoms with Gasteiger partial charge in [0.05, 0.1) is 18.2 Å². The van der Waals surface area contributed by atoms with Gasteiger partial charge in [-0.1, -0.05) is 28.1 Å². The van der Waals surface area contributed by atoms with Crippen LogP contribution >= 0.6 is 15.9 Å². The average molecular weight is 342 g/mol. The fourth-order valence-electron chi connectivity index (χ4n) is 2.56. The molecule has 1 aromatic carbocycles. The third-order valence-corrected chi connectivity index (χ3v) is 4.43. The minimum Gasteiger partial charge on any atom is -0.377 e. The zero-order chi connectivity index (χ0) is 14.7.